The lowest BCUT2D eigenvalue weighted by molar-refractivity contribution is -0.126. The minimum Gasteiger partial charge on any atom is -0.489 e. The van der Waals surface area contributed by atoms with Gasteiger partial charge in [-0.15, -0.1) is 11.6 Å². The number of hydrogen-bond acceptors (Lipinski definition) is 3. The zero-order chi connectivity index (χ0) is 13.6. The molecule has 2 heterocycles. The van der Waals surface area contributed by atoms with Crippen molar-refractivity contribution >= 4 is 23.5 Å². The zero-order valence-corrected chi connectivity index (χ0v) is 10.5. The minimum absolute atomic E-state index is 0.168. The number of nitrogens with one attached hydrogen (secondary N) is 2. The highest BCUT2D eigenvalue weighted by molar-refractivity contribution is 6.18. The number of urea groups is 1. The summed E-state index contributed by atoms with van der Waals surface area (Å²) in [6.07, 6.45) is -0.256. The number of imide groups is 1. The molecule has 7 heteroatoms. The zero-order valence-electron chi connectivity index (χ0n) is 9.70. The number of carbonyl (C=O) groups is 2. The predicted octanol–water partition coefficient (Wildman–Crippen LogP) is 1.25. The number of hydrogen-bond donors (Lipinski definition) is 2. The van der Waals surface area contributed by atoms with Crippen LogP contribution in [0.2, 0.25) is 0 Å². The second-order valence-electron chi connectivity index (χ2n) is 4.55. The third-order valence-electron chi connectivity index (χ3n) is 3.34. The molecule has 2 N–H and O–H groups in total. The molecular weight excluding hydrogens is 275 g/mol. The number of benzene rings is 1. The van der Waals surface area contributed by atoms with Crippen molar-refractivity contribution in [1.29, 1.82) is 0 Å². The SMILES string of the molecule is O=C1NC(=O)[C@@]2(C[C@@H](CCl)Oc3ccc(F)cc32)N1. The van der Waals surface area contributed by atoms with Crippen LogP contribution in [0.5, 0.6) is 5.75 Å². The van der Waals surface area contributed by atoms with Crippen LogP contribution in [0.25, 0.3) is 0 Å². The summed E-state index contributed by atoms with van der Waals surface area (Å²) in [5, 5.41) is 4.73. The smallest absolute Gasteiger partial charge is 0.322 e. The number of fused-ring (bicyclic) bond motifs is 2. The van der Waals surface area contributed by atoms with Gasteiger partial charge in [0.25, 0.3) is 5.91 Å². The van der Waals surface area contributed by atoms with Gasteiger partial charge < -0.3 is 10.1 Å². The van der Waals surface area contributed by atoms with Crippen LogP contribution in [-0.4, -0.2) is 23.9 Å². The van der Waals surface area contributed by atoms with Crippen molar-refractivity contribution in [3.8, 4) is 5.75 Å². The molecule has 2 aliphatic heterocycles. The van der Waals surface area contributed by atoms with Crippen LogP contribution in [0, 0.1) is 5.82 Å². The van der Waals surface area contributed by atoms with E-state index in [9.17, 15) is 14.0 Å². The first kappa shape index (κ1) is 12.2. The lowest BCUT2D eigenvalue weighted by atomic mass is 9.82. The Hall–Kier alpha value is -1.82. The van der Waals surface area contributed by atoms with Gasteiger partial charge in [-0.1, -0.05) is 0 Å². The van der Waals surface area contributed by atoms with Gasteiger partial charge in [-0.25, -0.2) is 9.18 Å². The summed E-state index contributed by atoms with van der Waals surface area (Å²) in [7, 11) is 0. The fourth-order valence-corrected chi connectivity index (χ4v) is 2.69. The van der Waals surface area contributed by atoms with E-state index in [1.54, 1.807) is 0 Å². The molecule has 5 nitrogen and oxygen atoms in total. The maximum Gasteiger partial charge on any atom is 0.322 e. The van der Waals surface area contributed by atoms with Crippen molar-refractivity contribution in [2.75, 3.05) is 5.88 Å². The molecule has 1 aromatic rings. The summed E-state index contributed by atoms with van der Waals surface area (Å²) in [6.45, 7) is 0. The third-order valence-corrected chi connectivity index (χ3v) is 3.69. The molecule has 0 unspecified atom stereocenters. The summed E-state index contributed by atoms with van der Waals surface area (Å²) < 4.78 is 19.0. The molecule has 1 fully saturated rings. The Balaban J connectivity index is 2.17. The Kier molecular flexibility index (Phi) is 2.63. The molecule has 2 atom stereocenters. The highest BCUT2D eigenvalue weighted by Gasteiger charge is 2.53. The summed E-state index contributed by atoms with van der Waals surface area (Å²) >= 11 is 5.78. The van der Waals surface area contributed by atoms with E-state index in [0.29, 0.717) is 11.3 Å². The Morgan fingerprint density at radius 1 is 1.47 bits per heavy atom. The van der Waals surface area contributed by atoms with E-state index < -0.39 is 29.4 Å². The normalized spacial score (nSPS) is 28.6. The van der Waals surface area contributed by atoms with E-state index >= 15 is 0 Å². The van der Waals surface area contributed by atoms with Gasteiger partial charge in [-0.05, 0) is 18.2 Å². The molecule has 2 aliphatic rings. The quantitative estimate of drug-likeness (QED) is 0.602. The van der Waals surface area contributed by atoms with Crippen molar-refractivity contribution in [3.63, 3.8) is 0 Å². The van der Waals surface area contributed by atoms with Gasteiger partial charge in [0.2, 0.25) is 0 Å². The van der Waals surface area contributed by atoms with E-state index in [1.165, 1.54) is 18.2 Å². The predicted molar refractivity (Wildman–Crippen MR) is 64.5 cm³/mol. The van der Waals surface area contributed by atoms with Gasteiger partial charge in [0.05, 0.1) is 5.88 Å². The Morgan fingerprint density at radius 3 is 2.89 bits per heavy atom. The second kappa shape index (κ2) is 4.09. The number of halogens is 2. The summed E-state index contributed by atoms with van der Waals surface area (Å²) in [5.41, 5.74) is -0.982. The van der Waals surface area contributed by atoms with Crippen LogP contribution in [0.1, 0.15) is 12.0 Å². The molecule has 0 radical (unpaired) electrons. The number of carbonyl (C=O) groups excluding carboxylic acids is 2. The lowest BCUT2D eigenvalue weighted by Gasteiger charge is -2.36. The lowest BCUT2D eigenvalue weighted by Crippen LogP contribution is -2.50. The van der Waals surface area contributed by atoms with Crippen molar-refractivity contribution in [3.05, 3.63) is 29.6 Å². The standard InChI is InChI=1S/C12H10ClFN2O3/c13-5-7-4-12(10(17)15-11(18)16-12)8-3-6(14)1-2-9(8)19-7/h1-3,7H,4-5H2,(H2,15,16,17,18)/t7-,12-/m0/s1. The average molecular weight is 285 g/mol. The number of amides is 3. The number of rotatable bonds is 1. The first-order valence-corrected chi connectivity index (χ1v) is 6.25. The fourth-order valence-electron chi connectivity index (χ4n) is 2.52. The first-order valence-electron chi connectivity index (χ1n) is 5.71. The molecule has 100 valence electrons. The molecule has 1 saturated heterocycles. The highest BCUT2D eigenvalue weighted by Crippen LogP contribution is 2.41. The number of alkyl halides is 1. The monoisotopic (exact) mass is 284 g/mol. The topological polar surface area (TPSA) is 67.4 Å². The summed E-state index contributed by atoms with van der Waals surface area (Å²) in [6, 6.07) is 3.27. The van der Waals surface area contributed by atoms with Crippen molar-refractivity contribution in [1.82, 2.24) is 10.6 Å². The van der Waals surface area contributed by atoms with Gasteiger partial charge in [0.15, 0.2) is 5.54 Å². The summed E-state index contributed by atoms with van der Waals surface area (Å²) in [5.74, 6) is -0.486. The maximum absolute atomic E-state index is 13.4. The molecule has 1 aromatic carbocycles. The van der Waals surface area contributed by atoms with Crippen LogP contribution in [0.15, 0.2) is 18.2 Å². The summed E-state index contributed by atoms with van der Waals surface area (Å²) in [4.78, 5) is 23.5. The van der Waals surface area contributed by atoms with Crippen LogP contribution in [-0.2, 0) is 10.3 Å². The molecule has 3 rings (SSSR count). The van der Waals surface area contributed by atoms with Gasteiger partial charge in [-0.2, -0.15) is 0 Å². The molecule has 0 aliphatic carbocycles. The van der Waals surface area contributed by atoms with Gasteiger partial charge in [0.1, 0.15) is 17.7 Å². The minimum atomic E-state index is -1.30. The third kappa shape index (κ3) is 1.74. The van der Waals surface area contributed by atoms with Crippen molar-refractivity contribution in [2.45, 2.75) is 18.1 Å². The second-order valence-corrected chi connectivity index (χ2v) is 4.86. The van der Waals surface area contributed by atoms with Crippen LogP contribution >= 0.6 is 11.6 Å². The first-order chi connectivity index (χ1) is 9.05. The molecule has 3 amide bonds. The van der Waals surface area contributed by atoms with E-state index in [1.807, 2.05) is 0 Å². The highest BCUT2D eigenvalue weighted by atomic mass is 35.5. The van der Waals surface area contributed by atoms with Gasteiger partial charge >= 0.3 is 6.03 Å². The van der Waals surface area contributed by atoms with E-state index in [0.717, 1.165) is 0 Å². The molecule has 0 bridgehead atoms. The fraction of sp³-hybridized carbons (Fsp3) is 0.333. The van der Waals surface area contributed by atoms with E-state index in [2.05, 4.69) is 10.6 Å². The largest absolute Gasteiger partial charge is 0.489 e. The Bertz CT molecular complexity index is 580. The Morgan fingerprint density at radius 2 is 2.26 bits per heavy atom. The van der Waals surface area contributed by atoms with Crippen molar-refractivity contribution < 1.29 is 18.7 Å². The van der Waals surface area contributed by atoms with Crippen LogP contribution < -0.4 is 15.4 Å². The molecule has 19 heavy (non-hydrogen) atoms. The Labute approximate surface area is 113 Å². The van der Waals surface area contributed by atoms with Crippen LogP contribution in [0.4, 0.5) is 9.18 Å². The van der Waals surface area contributed by atoms with E-state index in [4.69, 9.17) is 16.3 Å². The molecule has 1 spiro atoms. The maximum atomic E-state index is 13.4. The van der Waals surface area contributed by atoms with Gasteiger partial charge in [-0.3, -0.25) is 10.1 Å². The molecule has 0 aromatic heterocycles. The number of ether oxygens (including phenoxy) is 1. The van der Waals surface area contributed by atoms with Gasteiger partial charge in [0, 0.05) is 12.0 Å². The van der Waals surface area contributed by atoms with Crippen molar-refractivity contribution in [2.24, 2.45) is 0 Å². The van der Waals surface area contributed by atoms with Crippen LogP contribution in [0.3, 0.4) is 0 Å². The molecule has 0 saturated carbocycles. The van der Waals surface area contributed by atoms with E-state index in [-0.39, 0.29) is 12.3 Å². The molecular formula is C12H10ClFN2O3. The average Bonchev–Trinajstić information content (AvgIpc) is 2.65.